The van der Waals surface area contributed by atoms with E-state index in [9.17, 15) is 9.90 Å². The molecule has 1 heterocycles. The molecule has 2 rings (SSSR count). The number of ether oxygens (including phenoxy) is 1. The molecule has 104 valence electrons. The monoisotopic (exact) mass is 263 g/mol. The molecule has 1 aliphatic rings. The molecule has 1 atom stereocenters. The number of amides is 1. The topological polar surface area (TPSA) is 49.8 Å². The quantitative estimate of drug-likeness (QED) is 0.885. The van der Waals surface area contributed by atoms with Crippen molar-refractivity contribution in [2.75, 3.05) is 19.7 Å². The lowest BCUT2D eigenvalue weighted by Crippen LogP contribution is -2.32. The van der Waals surface area contributed by atoms with Crippen LogP contribution < -0.4 is 4.74 Å². The standard InChI is InChI=1S/C15H21NO3/c1-2-14(17)12-5-7-13(8-6-12)19-11-15(18)16-9-3-4-10-16/h5-8,14,17H,2-4,9-11H2,1H3/t14-/m0/s1. The van der Waals surface area contributed by atoms with Crippen LogP contribution in [0.25, 0.3) is 0 Å². The average molecular weight is 263 g/mol. The van der Waals surface area contributed by atoms with E-state index in [1.807, 2.05) is 24.0 Å². The highest BCUT2D eigenvalue weighted by Crippen LogP contribution is 2.20. The molecule has 0 radical (unpaired) electrons. The van der Waals surface area contributed by atoms with Gasteiger partial charge in [0.2, 0.25) is 0 Å². The van der Waals surface area contributed by atoms with Crippen LogP contribution in [0.2, 0.25) is 0 Å². The summed E-state index contributed by atoms with van der Waals surface area (Å²) in [6, 6.07) is 7.27. The van der Waals surface area contributed by atoms with Gasteiger partial charge in [-0.15, -0.1) is 0 Å². The summed E-state index contributed by atoms with van der Waals surface area (Å²) >= 11 is 0. The Kier molecular flexibility index (Phi) is 4.80. The normalized spacial score (nSPS) is 16.4. The largest absolute Gasteiger partial charge is 0.484 e. The maximum absolute atomic E-state index is 11.8. The minimum absolute atomic E-state index is 0.0511. The van der Waals surface area contributed by atoms with Crippen molar-refractivity contribution in [3.8, 4) is 5.75 Å². The molecule has 1 N–H and O–H groups in total. The van der Waals surface area contributed by atoms with E-state index in [1.165, 1.54) is 0 Å². The first-order chi connectivity index (χ1) is 9.20. The highest BCUT2D eigenvalue weighted by molar-refractivity contribution is 5.78. The molecule has 1 fully saturated rings. The SMILES string of the molecule is CC[C@H](O)c1ccc(OCC(=O)N2CCCC2)cc1. The zero-order valence-electron chi connectivity index (χ0n) is 11.3. The van der Waals surface area contributed by atoms with Crippen molar-refractivity contribution in [1.82, 2.24) is 4.90 Å². The number of likely N-dealkylation sites (tertiary alicyclic amines) is 1. The van der Waals surface area contributed by atoms with Gasteiger partial charge in [0.15, 0.2) is 6.61 Å². The predicted molar refractivity (Wildman–Crippen MR) is 73.0 cm³/mol. The Balaban J connectivity index is 1.84. The van der Waals surface area contributed by atoms with Crippen LogP contribution in [0.4, 0.5) is 0 Å². The lowest BCUT2D eigenvalue weighted by molar-refractivity contribution is -0.132. The van der Waals surface area contributed by atoms with Gasteiger partial charge in [0.1, 0.15) is 5.75 Å². The van der Waals surface area contributed by atoms with Crippen LogP contribution in [0, 0.1) is 0 Å². The summed E-state index contributed by atoms with van der Waals surface area (Å²) in [5, 5.41) is 9.68. The molecule has 0 bridgehead atoms. The first-order valence-corrected chi connectivity index (χ1v) is 6.89. The summed E-state index contributed by atoms with van der Waals surface area (Å²) < 4.78 is 5.48. The average Bonchev–Trinajstić information content (AvgIpc) is 2.98. The maximum atomic E-state index is 11.8. The second-order valence-electron chi connectivity index (χ2n) is 4.87. The molecule has 0 aliphatic carbocycles. The summed E-state index contributed by atoms with van der Waals surface area (Å²) in [5.41, 5.74) is 0.876. The Hall–Kier alpha value is -1.55. The van der Waals surface area contributed by atoms with Crippen molar-refractivity contribution >= 4 is 5.91 Å². The zero-order chi connectivity index (χ0) is 13.7. The van der Waals surface area contributed by atoms with Crippen LogP contribution in [0.5, 0.6) is 5.75 Å². The van der Waals surface area contributed by atoms with E-state index >= 15 is 0 Å². The van der Waals surface area contributed by atoms with Gasteiger partial charge in [-0.3, -0.25) is 4.79 Å². The van der Waals surface area contributed by atoms with E-state index < -0.39 is 6.10 Å². The third-order valence-electron chi connectivity index (χ3n) is 3.47. The zero-order valence-corrected chi connectivity index (χ0v) is 11.3. The highest BCUT2D eigenvalue weighted by atomic mass is 16.5. The van der Waals surface area contributed by atoms with E-state index in [1.54, 1.807) is 12.1 Å². The number of aliphatic hydroxyl groups excluding tert-OH is 1. The number of rotatable bonds is 5. The van der Waals surface area contributed by atoms with E-state index in [4.69, 9.17) is 4.74 Å². The molecule has 1 saturated heterocycles. The van der Waals surface area contributed by atoms with Crippen molar-refractivity contribution < 1.29 is 14.6 Å². The molecule has 1 amide bonds. The van der Waals surface area contributed by atoms with Gasteiger partial charge in [-0.05, 0) is 37.0 Å². The van der Waals surface area contributed by atoms with Crippen LogP contribution in [0.3, 0.4) is 0 Å². The fourth-order valence-corrected chi connectivity index (χ4v) is 2.22. The van der Waals surface area contributed by atoms with Crippen molar-refractivity contribution in [3.05, 3.63) is 29.8 Å². The summed E-state index contributed by atoms with van der Waals surface area (Å²) in [6.45, 7) is 3.73. The van der Waals surface area contributed by atoms with Gasteiger partial charge in [0.05, 0.1) is 6.10 Å². The first-order valence-electron chi connectivity index (χ1n) is 6.89. The van der Waals surface area contributed by atoms with Crippen LogP contribution in [-0.2, 0) is 4.79 Å². The van der Waals surface area contributed by atoms with Gasteiger partial charge in [0, 0.05) is 13.1 Å². The van der Waals surface area contributed by atoms with Gasteiger partial charge in [-0.1, -0.05) is 19.1 Å². The van der Waals surface area contributed by atoms with E-state index in [-0.39, 0.29) is 12.5 Å². The fraction of sp³-hybridized carbons (Fsp3) is 0.533. The van der Waals surface area contributed by atoms with E-state index in [2.05, 4.69) is 0 Å². The minimum Gasteiger partial charge on any atom is -0.484 e. The number of hydrogen-bond acceptors (Lipinski definition) is 3. The molecule has 0 saturated carbocycles. The number of carbonyl (C=O) groups excluding carboxylic acids is 1. The van der Waals surface area contributed by atoms with Gasteiger partial charge in [-0.25, -0.2) is 0 Å². The highest BCUT2D eigenvalue weighted by Gasteiger charge is 2.18. The Morgan fingerprint density at radius 3 is 2.53 bits per heavy atom. The van der Waals surface area contributed by atoms with E-state index in [0.717, 1.165) is 31.5 Å². The molecule has 0 unspecified atom stereocenters. The number of carbonyl (C=O) groups is 1. The van der Waals surface area contributed by atoms with Gasteiger partial charge >= 0.3 is 0 Å². The summed E-state index contributed by atoms with van der Waals surface area (Å²) in [7, 11) is 0. The van der Waals surface area contributed by atoms with Gasteiger partial charge in [0.25, 0.3) is 5.91 Å². The Bertz CT molecular complexity index is 410. The van der Waals surface area contributed by atoms with Gasteiger partial charge in [-0.2, -0.15) is 0 Å². The van der Waals surface area contributed by atoms with Crippen molar-refractivity contribution in [1.29, 1.82) is 0 Å². The summed E-state index contributed by atoms with van der Waals surface area (Å²) in [6.07, 6.45) is 2.44. The molecular formula is C15H21NO3. The molecule has 19 heavy (non-hydrogen) atoms. The molecule has 1 aromatic carbocycles. The van der Waals surface area contributed by atoms with Crippen molar-refractivity contribution in [2.24, 2.45) is 0 Å². The molecule has 1 aromatic rings. The number of hydrogen-bond donors (Lipinski definition) is 1. The predicted octanol–water partition coefficient (Wildman–Crippen LogP) is 2.13. The van der Waals surface area contributed by atoms with Crippen molar-refractivity contribution in [2.45, 2.75) is 32.3 Å². The third kappa shape index (κ3) is 3.70. The van der Waals surface area contributed by atoms with Gasteiger partial charge < -0.3 is 14.7 Å². The van der Waals surface area contributed by atoms with Crippen LogP contribution in [0.15, 0.2) is 24.3 Å². The van der Waals surface area contributed by atoms with E-state index in [0.29, 0.717) is 12.2 Å². The summed E-state index contributed by atoms with van der Waals surface area (Å²) in [5.74, 6) is 0.717. The first kappa shape index (κ1) is 13.9. The van der Waals surface area contributed by atoms with Crippen LogP contribution in [0.1, 0.15) is 37.9 Å². The van der Waals surface area contributed by atoms with Crippen LogP contribution in [-0.4, -0.2) is 35.6 Å². The molecule has 0 spiro atoms. The smallest absolute Gasteiger partial charge is 0.260 e. The third-order valence-corrected chi connectivity index (χ3v) is 3.47. The Morgan fingerprint density at radius 2 is 1.95 bits per heavy atom. The second kappa shape index (κ2) is 6.57. The molecule has 4 nitrogen and oxygen atoms in total. The molecule has 4 heteroatoms. The number of nitrogens with zero attached hydrogens (tertiary/aromatic N) is 1. The lowest BCUT2D eigenvalue weighted by Gasteiger charge is -2.15. The second-order valence-corrected chi connectivity index (χ2v) is 4.87. The van der Waals surface area contributed by atoms with Crippen molar-refractivity contribution in [3.63, 3.8) is 0 Å². The fourth-order valence-electron chi connectivity index (χ4n) is 2.22. The molecule has 0 aromatic heterocycles. The minimum atomic E-state index is -0.430. The maximum Gasteiger partial charge on any atom is 0.260 e. The lowest BCUT2D eigenvalue weighted by atomic mass is 10.1. The number of benzene rings is 1. The van der Waals surface area contributed by atoms with Crippen LogP contribution >= 0.6 is 0 Å². The Labute approximate surface area is 114 Å². The molecular weight excluding hydrogens is 242 g/mol. The summed E-state index contributed by atoms with van der Waals surface area (Å²) in [4.78, 5) is 13.6. The number of aliphatic hydroxyl groups is 1. The Morgan fingerprint density at radius 1 is 1.32 bits per heavy atom. The molecule has 1 aliphatic heterocycles.